The van der Waals surface area contributed by atoms with Crippen molar-refractivity contribution in [2.24, 2.45) is 0 Å². The van der Waals surface area contributed by atoms with Gasteiger partial charge in [0.1, 0.15) is 0 Å². The smallest absolute Gasteiger partial charge is 0.199 e. The van der Waals surface area contributed by atoms with E-state index in [0.717, 1.165) is 0 Å². The summed E-state index contributed by atoms with van der Waals surface area (Å²) in [5.74, 6) is 0. The molecule has 0 amide bonds. The molecule has 0 aliphatic rings. The van der Waals surface area contributed by atoms with Crippen LogP contribution in [-0.2, 0) is 4.79 Å². The van der Waals surface area contributed by atoms with Crippen LogP contribution in [0.4, 0.5) is 0 Å². The van der Waals surface area contributed by atoms with Crippen molar-refractivity contribution in [2.75, 3.05) is 0 Å². The minimum atomic E-state index is -0.179. The molecule has 0 aromatic heterocycles. The first-order valence-corrected chi connectivity index (χ1v) is 2.58. The molecule has 0 saturated heterocycles. The third-order valence-corrected chi connectivity index (χ3v) is 0.663. The van der Waals surface area contributed by atoms with Crippen LogP contribution in [0, 0.1) is 0 Å². The van der Waals surface area contributed by atoms with Crippen molar-refractivity contribution in [3.63, 3.8) is 0 Å². The highest BCUT2D eigenvalue weighted by Crippen LogP contribution is 2.13. The minimum Gasteiger partial charge on any atom is -0.291 e. The molecule has 0 unspecified atom stereocenters. The van der Waals surface area contributed by atoms with Gasteiger partial charge in [-0.05, 0) is 0 Å². The van der Waals surface area contributed by atoms with E-state index in [2.05, 4.69) is 12.6 Å². The molecule has 0 aliphatic carbocycles. The number of rotatable bonds is 2. The van der Waals surface area contributed by atoms with Gasteiger partial charge in [-0.15, -0.1) is 0 Å². The second-order valence-electron chi connectivity index (χ2n) is 2.13. The average Bonchev–Trinajstić information content (AvgIpc) is 1.30. The largest absolute Gasteiger partial charge is 0.291 e. The van der Waals surface area contributed by atoms with E-state index >= 15 is 0 Å². The van der Waals surface area contributed by atoms with E-state index in [4.69, 9.17) is 0 Å². The first-order chi connectivity index (χ1) is 3.06. The Labute approximate surface area is 49.5 Å². The Kier molecular flexibility index (Phi) is 2.37. The quantitative estimate of drug-likeness (QED) is 0.538. The van der Waals surface area contributed by atoms with Crippen LogP contribution in [0.2, 0.25) is 0 Å². The SMILES string of the molecule is CC(C)(S)C[C]=O. The van der Waals surface area contributed by atoms with Gasteiger partial charge in [-0.1, -0.05) is 13.8 Å². The number of carbonyl (C=O) groups excluding carboxylic acids is 1. The second-order valence-corrected chi connectivity index (χ2v) is 3.34. The maximum atomic E-state index is 9.65. The predicted molar refractivity (Wildman–Crippen MR) is 33.4 cm³/mol. The topological polar surface area (TPSA) is 17.1 Å². The van der Waals surface area contributed by atoms with Crippen LogP contribution in [0.25, 0.3) is 0 Å². The summed E-state index contributed by atoms with van der Waals surface area (Å²) < 4.78 is -0.179. The molecule has 0 fully saturated rings. The van der Waals surface area contributed by atoms with Gasteiger partial charge >= 0.3 is 0 Å². The third-order valence-electron chi connectivity index (χ3n) is 0.505. The molecule has 0 N–H and O–H groups in total. The Hall–Kier alpha value is 0.0200. The number of hydrogen-bond donors (Lipinski definition) is 1. The summed E-state index contributed by atoms with van der Waals surface area (Å²) in [6, 6.07) is 0. The van der Waals surface area contributed by atoms with E-state index in [1.807, 2.05) is 13.8 Å². The number of thiol groups is 1. The summed E-state index contributed by atoms with van der Waals surface area (Å²) in [5, 5.41) is 0. The highest BCUT2D eigenvalue weighted by atomic mass is 32.1. The first-order valence-electron chi connectivity index (χ1n) is 2.13. The summed E-state index contributed by atoms with van der Waals surface area (Å²) in [4.78, 5) is 9.65. The van der Waals surface area contributed by atoms with Gasteiger partial charge in [0.2, 0.25) is 0 Å². The van der Waals surface area contributed by atoms with Gasteiger partial charge in [0.25, 0.3) is 0 Å². The molecule has 0 aromatic carbocycles. The maximum Gasteiger partial charge on any atom is 0.199 e. The average molecular weight is 117 g/mol. The molecule has 0 rings (SSSR count). The normalized spacial score (nSPS) is 11.3. The Balaban J connectivity index is 3.34. The Morgan fingerprint density at radius 1 is 1.71 bits per heavy atom. The Morgan fingerprint density at radius 2 is 2.14 bits per heavy atom. The van der Waals surface area contributed by atoms with Crippen molar-refractivity contribution in [2.45, 2.75) is 25.0 Å². The van der Waals surface area contributed by atoms with Crippen molar-refractivity contribution < 1.29 is 4.79 Å². The van der Waals surface area contributed by atoms with Crippen LogP contribution in [0.1, 0.15) is 20.3 Å². The molecule has 0 spiro atoms. The lowest BCUT2D eigenvalue weighted by molar-refractivity contribution is 0.542. The van der Waals surface area contributed by atoms with Gasteiger partial charge in [0.05, 0.1) is 0 Å². The molecule has 2 heteroatoms. The van der Waals surface area contributed by atoms with Crippen molar-refractivity contribution in [1.82, 2.24) is 0 Å². The van der Waals surface area contributed by atoms with Gasteiger partial charge in [0.15, 0.2) is 6.29 Å². The zero-order valence-corrected chi connectivity index (χ0v) is 5.46. The predicted octanol–water partition coefficient (Wildman–Crippen LogP) is 1.19. The summed E-state index contributed by atoms with van der Waals surface area (Å²) >= 11 is 4.07. The molecule has 0 bridgehead atoms. The number of hydrogen-bond acceptors (Lipinski definition) is 2. The van der Waals surface area contributed by atoms with Gasteiger partial charge in [-0.25, -0.2) is 0 Å². The minimum absolute atomic E-state index is 0.179. The van der Waals surface area contributed by atoms with Crippen LogP contribution in [0.15, 0.2) is 0 Å². The highest BCUT2D eigenvalue weighted by Gasteiger charge is 2.08. The fourth-order valence-electron chi connectivity index (χ4n) is 0.177. The third kappa shape index (κ3) is 6.02. The van der Waals surface area contributed by atoms with E-state index in [0.29, 0.717) is 6.42 Å². The maximum absolute atomic E-state index is 9.65. The molecule has 0 aliphatic heterocycles. The molecule has 1 radical (unpaired) electrons. The van der Waals surface area contributed by atoms with Crippen LogP contribution >= 0.6 is 12.6 Å². The van der Waals surface area contributed by atoms with Gasteiger partial charge in [-0.2, -0.15) is 12.6 Å². The zero-order valence-electron chi connectivity index (χ0n) is 4.56. The first kappa shape index (κ1) is 7.02. The van der Waals surface area contributed by atoms with Gasteiger partial charge < -0.3 is 0 Å². The van der Waals surface area contributed by atoms with Crippen molar-refractivity contribution in [1.29, 1.82) is 0 Å². The van der Waals surface area contributed by atoms with Gasteiger partial charge in [0, 0.05) is 11.2 Å². The van der Waals surface area contributed by atoms with E-state index < -0.39 is 0 Å². The van der Waals surface area contributed by atoms with E-state index in [-0.39, 0.29) is 4.75 Å². The summed E-state index contributed by atoms with van der Waals surface area (Å²) in [7, 11) is 0. The standard InChI is InChI=1S/C5H9OS/c1-5(2,7)3-4-6/h7H,3H2,1-2H3. The van der Waals surface area contributed by atoms with Crippen LogP contribution in [0.5, 0.6) is 0 Å². The highest BCUT2D eigenvalue weighted by molar-refractivity contribution is 7.81. The van der Waals surface area contributed by atoms with Gasteiger partial charge in [-0.3, -0.25) is 4.79 Å². The van der Waals surface area contributed by atoms with Crippen molar-refractivity contribution >= 4 is 18.9 Å². The molecule has 7 heavy (non-hydrogen) atoms. The Morgan fingerprint density at radius 3 is 2.14 bits per heavy atom. The molecule has 0 heterocycles. The monoisotopic (exact) mass is 117 g/mol. The fourth-order valence-corrected chi connectivity index (χ4v) is 0.241. The van der Waals surface area contributed by atoms with Crippen molar-refractivity contribution in [3.05, 3.63) is 0 Å². The second kappa shape index (κ2) is 2.36. The molecular formula is C5H9OS. The van der Waals surface area contributed by atoms with E-state index in [1.54, 1.807) is 6.29 Å². The fraction of sp³-hybridized carbons (Fsp3) is 0.800. The molecule has 1 nitrogen and oxygen atoms in total. The lowest BCUT2D eigenvalue weighted by atomic mass is 10.1. The van der Waals surface area contributed by atoms with Crippen LogP contribution in [-0.4, -0.2) is 11.0 Å². The Bertz CT molecular complexity index is 63.0. The lowest BCUT2D eigenvalue weighted by Crippen LogP contribution is -2.09. The van der Waals surface area contributed by atoms with Crippen molar-refractivity contribution in [3.8, 4) is 0 Å². The lowest BCUT2D eigenvalue weighted by Gasteiger charge is -2.10. The molecule has 0 saturated carbocycles. The summed E-state index contributed by atoms with van der Waals surface area (Å²) in [6.07, 6.45) is 2.18. The molecule has 0 aromatic rings. The van der Waals surface area contributed by atoms with E-state index in [1.165, 1.54) is 0 Å². The van der Waals surface area contributed by atoms with Crippen LogP contribution < -0.4 is 0 Å². The molecular weight excluding hydrogens is 108 g/mol. The van der Waals surface area contributed by atoms with E-state index in [9.17, 15) is 4.79 Å². The van der Waals surface area contributed by atoms with Crippen LogP contribution in [0.3, 0.4) is 0 Å². The molecule has 41 valence electrons. The summed E-state index contributed by atoms with van der Waals surface area (Å²) in [6.45, 7) is 3.75. The summed E-state index contributed by atoms with van der Waals surface area (Å²) in [5.41, 5.74) is 0. The molecule has 0 atom stereocenters. The zero-order chi connectivity index (χ0) is 5.91.